The zero-order valence-electron chi connectivity index (χ0n) is 32.7. The number of carbonyl (C=O) groups excluding carboxylic acids is 4. The first-order chi connectivity index (χ1) is 24.7. The van der Waals surface area contributed by atoms with Gasteiger partial charge in [0.25, 0.3) is 0 Å². The molecule has 292 valence electrons. The van der Waals surface area contributed by atoms with Crippen LogP contribution < -0.4 is 10.6 Å². The smallest absolute Gasteiger partial charge is 0.326 e. The molecule has 9 atom stereocenters. The van der Waals surface area contributed by atoms with E-state index in [1.807, 2.05) is 70.0 Å². The van der Waals surface area contributed by atoms with Crippen LogP contribution in [-0.4, -0.2) is 133 Å². The Hall–Kier alpha value is -3.55. The lowest BCUT2D eigenvalue weighted by atomic mass is 9.89. The summed E-state index contributed by atoms with van der Waals surface area (Å²) in [6, 6.07) is 6.11. The van der Waals surface area contributed by atoms with Gasteiger partial charge in [-0.05, 0) is 56.7 Å². The summed E-state index contributed by atoms with van der Waals surface area (Å²) in [6.45, 7) is 10.9. The van der Waals surface area contributed by atoms with Crippen molar-refractivity contribution in [2.75, 3.05) is 41.4 Å². The van der Waals surface area contributed by atoms with E-state index in [2.05, 4.69) is 10.6 Å². The van der Waals surface area contributed by atoms with Crippen molar-refractivity contribution in [2.24, 2.45) is 17.8 Å². The Morgan fingerprint density at radius 2 is 1.62 bits per heavy atom. The van der Waals surface area contributed by atoms with Gasteiger partial charge in [-0.2, -0.15) is 0 Å². The lowest BCUT2D eigenvalue weighted by Crippen LogP contribution is -2.59. The maximum Gasteiger partial charge on any atom is 0.326 e. The van der Waals surface area contributed by atoms with E-state index in [4.69, 9.17) is 9.47 Å². The summed E-state index contributed by atoms with van der Waals surface area (Å²) in [5, 5.41) is 15.6. The maximum atomic E-state index is 14.1. The van der Waals surface area contributed by atoms with Crippen LogP contribution in [0, 0.1) is 17.8 Å². The summed E-state index contributed by atoms with van der Waals surface area (Å²) in [6.07, 6.45) is 2.56. The highest BCUT2D eigenvalue weighted by atomic mass is 16.5. The Balaban J connectivity index is 1.75. The average Bonchev–Trinajstić information content (AvgIpc) is 3.79. The number of hydrogen-bond donors (Lipinski definition) is 3. The van der Waals surface area contributed by atoms with Crippen molar-refractivity contribution < 1.29 is 38.6 Å². The molecule has 3 rings (SSSR count). The Morgan fingerprint density at radius 3 is 2.15 bits per heavy atom. The predicted molar refractivity (Wildman–Crippen MR) is 198 cm³/mol. The van der Waals surface area contributed by atoms with E-state index in [9.17, 15) is 29.1 Å². The topological polar surface area (TPSA) is 158 Å². The quantitative estimate of drug-likeness (QED) is 0.195. The second-order valence-electron chi connectivity index (χ2n) is 15.0. The molecule has 1 aromatic rings. The van der Waals surface area contributed by atoms with Gasteiger partial charge in [0.1, 0.15) is 12.1 Å². The number of carboxylic acid groups (broad SMARTS) is 1. The van der Waals surface area contributed by atoms with Crippen molar-refractivity contribution in [3.05, 3.63) is 35.9 Å². The first kappa shape index (κ1) is 42.9. The second kappa shape index (κ2) is 20.1. The third-order valence-electron chi connectivity index (χ3n) is 11.2. The third kappa shape index (κ3) is 10.8. The number of likely N-dealkylation sites (tertiary alicyclic amines) is 2. The number of amides is 4. The van der Waals surface area contributed by atoms with Gasteiger partial charge in [-0.15, -0.1) is 0 Å². The zero-order chi connectivity index (χ0) is 38.7. The molecule has 2 saturated heterocycles. The van der Waals surface area contributed by atoms with Gasteiger partial charge in [0.15, 0.2) is 0 Å². The molecular weight excluding hydrogens is 666 g/mol. The molecule has 4 amide bonds. The fourth-order valence-electron chi connectivity index (χ4n) is 7.88. The number of nitrogens with one attached hydrogen (secondary N) is 2. The maximum absolute atomic E-state index is 14.1. The van der Waals surface area contributed by atoms with Crippen LogP contribution in [0.4, 0.5) is 0 Å². The second-order valence-corrected chi connectivity index (χ2v) is 15.0. The number of ether oxygens (including phenoxy) is 2. The molecule has 0 unspecified atom stereocenters. The van der Waals surface area contributed by atoms with E-state index in [0.29, 0.717) is 19.4 Å². The minimum absolute atomic E-state index is 0.000372. The van der Waals surface area contributed by atoms with Crippen LogP contribution in [0.5, 0.6) is 0 Å². The molecule has 2 heterocycles. The standard InChI is InChI=1S/C39H63N5O8/c1-10-25(4)34(43(7)38(48)33(24(2)3)41-37(47)30-19-14-20-42(30)6)31(51-8)23-32(45)44-21-15-18-29(44)35(52-9)26(5)36(46)40-28(39(49)50)22-27-16-12-11-13-17-27/h11-13,16-17,24-26,28-31,33-35H,10,14-15,18-23H2,1-9H3,(H,40,46)(H,41,47)(H,49,50)/t25-,26+,28-,29-,30-,31+,33-,34-,35+/m0/s1. The van der Waals surface area contributed by atoms with Crippen LogP contribution >= 0.6 is 0 Å². The fraction of sp³-hybridized carbons (Fsp3) is 0.718. The summed E-state index contributed by atoms with van der Waals surface area (Å²) >= 11 is 0. The summed E-state index contributed by atoms with van der Waals surface area (Å²) < 4.78 is 11.9. The van der Waals surface area contributed by atoms with Gasteiger partial charge >= 0.3 is 5.97 Å². The van der Waals surface area contributed by atoms with Crippen LogP contribution in [-0.2, 0) is 39.9 Å². The van der Waals surface area contributed by atoms with E-state index in [0.717, 1.165) is 31.4 Å². The number of carbonyl (C=O) groups is 5. The minimum Gasteiger partial charge on any atom is -0.480 e. The number of hydrogen-bond acceptors (Lipinski definition) is 8. The van der Waals surface area contributed by atoms with Crippen LogP contribution in [0.1, 0.15) is 78.7 Å². The Kier molecular flexibility index (Phi) is 16.5. The molecule has 2 aliphatic heterocycles. The Labute approximate surface area is 310 Å². The van der Waals surface area contributed by atoms with E-state index in [1.54, 1.807) is 30.9 Å². The molecule has 0 aromatic heterocycles. The van der Waals surface area contributed by atoms with Gasteiger partial charge in [-0.1, -0.05) is 71.4 Å². The van der Waals surface area contributed by atoms with E-state index >= 15 is 0 Å². The normalized spacial score (nSPS) is 21.8. The zero-order valence-corrected chi connectivity index (χ0v) is 32.7. The number of rotatable bonds is 19. The number of carboxylic acids is 1. The molecule has 0 spiro atoms. The highest BCUT2D eigenvalue weighted by molar-refractivity contribution is 5.90. The van der Waals surface area contributed by atoms with Crippen molar-refractivity contribution in [3.63, 3.8) is 0 Å². The lowest BCUT2D eigenvalue weighted by molar-refractivity contribution is -0.148. The number of methoxy groups -OCH3 is 2. The van der Waals surface area contributed by atoms with Gasteiger partial charge < -0.3 is 35.0 Å². The van der Waals surface area contributed by atoms with Gasteiger partial charge in [0, 0.05) is 34.2 Å². The number of aliphatic carboxylic acids is 1. The van der Waals surface area contributed by atoms with Crippen LogP contribution in [0.25, 0.3) is 0 Å². The van der Waals surface area contributed by atoms with Crippen LogP contribution in [0.3, 0.4) is 0 Å². The van der Waals surface area contributed by atoms with E-state index in [-0.39, 0.29) is 48.4 Å². The molecule has 2 fully saturated rings. The monoisotopic (exact) mass is 729 g/mol. The van der Waals surface area contributed by atoms with E-state index < -0.39 is 54.2 Å². The molecule has 0 saturated carbocycles. The summed E-state index contributed by atoms with van der Waals surface area (Å²) in [5.41, 5.74) is 0.788. The SMILES string of the molecule is CC[C@H](C)[C@@H]([C@@H](CC(=O)N1CCC[C@H]1[C@H](OC)[C@@H](C)C(=O)N[C@@H](Cc1ccccc1)C(=O)O)OC)N(C)C(=O)[C@@H](NC(=O)[C@@H]1CCCN1C)C(C)C. The molecule has 2 aliphatic rings. The molecule has 13 heteroatoms. The van der Waals surface area contributed by atoms with E-state index in [1.165, 1.54) is 7.11 Å². The molecule has 0 aliphatic carbocycles. The first-order valence-corrected chi connectivity index (χ1v) is 18.9. The highest BCUT2D eigenvalue weighted by Crippen LogP contribution is 2.30. The molecule has 52 heavy (non-hydrogen) atoms. The average molecular weight is 730 g/mol. The molecule has 3 N–H and O–H groups in total. The molecule has 0 bridgehead atoms. The predicted octanol–water partition coefficient (Wildman–Crippen LogP) is 2.95. The molecular formula is C39H63N5O8. The summed E-state index contributed by atoms with van der Waals surface area (Å²) in [4.78, 5) is 72.4. The van der Waals surface area contributed by atoms with Crippen molar-refractivity contribution in [1.82, 2.24) is 25.3 Å². The van der Waals surface area contributed by atoms with Gasteiger partial charge in [-0.3, -0.25) is 24.1 Å². The summed E-state index contributed by atoms with van der Waals surface area (Å²) in [5.74, 6) is -3.09. The molecule has 13 nitrogen and oxygen atoms in total. The number of likely N-dealkylation sites (N-methyl/N-ethyl adjacent to an activating group) is 2. The minimum atomic E-state index is -1.13. The van der Waals surface area contributed by atoms with Crippen LogP contribution in [0.15, 0.2) is 30.3 Å². The van der Waals surface area contributed by atoms with Crippen molar-refractivity contribution in [3.8, 4) is 0 Å². The van der Waals surface area contributed by atoms with Gasteiger partial charge in [0.2, 0.25) is 23.6 Å². The molecule has 1 aromatic carbocycles. The van der Waals surface area contributed by atoms with Crippen molar-refractivity contribution in [2.45, 2.75) is 122 Å². The third-order valence-corrected chi connectivity index (χ3v) is 11.2. The highest BCUT2D eigenvalue weighted by Gasteiger charge is 2.43. The van der Waals surface area contributed by atoms with Gasteiger partial charge in [-0.25, -0.2) is 4.79 Å². The fourth-order valence-corrected chi connectivity index (χ4v) is 7.88. The summed E-state index contributed by atoms with van der Waals surface area (Å²) in [7, 11) is 6.69. The first-order valence-electron chi connectivity index (χ1n) is 18.9. The largest absolute Gasteiger partial charge is 0.480 e. The Bertz CT molecular complexity index is 1340. The lowest BCUT2D eigenvalue weighted by Gasteiger charge is -2.41. The number of benzene rings is 1. The number of nitrogens with zero attached hydrogens (tertiary/aromatic N) is 3. The molecule has 0 radical (unpaired) electrons. The van der Waals surface area contributed by atoms with Crippen molar-refractivity contribution >= 4 is 29.6 Å². The Morgan fingerprint density at radius 1 is 0.962 bits per heavy atom. The van der Waals surface area contributed by atoms with Crippen molar-refractivity contribution in [1.29, 1.82) is 0 Å². The van der Waals surface area contributed by atoms with Gasteiger partial charge in [0.05, 0.1) is 42.7 Å². The van der Waals surface area contributed by atoms with Crippen LogP contribution in [0.2, 0.25) is 0 Å².